The van der Waals surface area contributed by atoms with Gasteiger partial charge >= 0.3 is 5.97 Å². The van der Waals surface area contributed by atoms with Crippen molar-refractivity contribution in [1.82, 2.24) is 9.13 Å². The van der Waals surface area contributed by atoms with Gasteiger partial charge in [0.1, 0.15) is 5.52 Å². The third-order valence-corrected chi connectivity index (χ3v) is 6.74. The Labute approximate surface area is 186 Å². The summed E-state index contributed by atoms with van der Waals surface area (Å²) in [5, 5.41) is 13.7. The maximum atomic E-state index is 13.1. The summed E-state index contributed by atoms with van der Waals surface area (Å²) in [6.07, 6.45) is 7.59. The Morgan fingerprint density at radius 1 is 1.19 bits per heavy atom. The summed E-state index contributed by atoms with van der Waals surface area (Å²) in [6.45, 7) is 2.72. The van der Waals surface area contributed by atoms with E-state index in [1.54, 1.807) is 37.6 Å². The molecule has 9 heteroatoms. The van der Waals surface area contributed by atoms with Crippen molar-refractivity contribution in [3.63, 3.8) is 0 Å². The molecule has 3 heterocycles. The molecule has 3 aromatic rings. The van der Waals surface area contributed by atoms with E-state index in [0.29, 0.717) is 45.4 Å². The Balaban J connectivity index is 2.03. The number of sulfone groups is 1. The summed E-state index contributed by atoms with van der Waals surface area (Å²) < 4.78 is 27.1. The molecule has 1 aromatic carbocycles. The number of hydrogen-bond acceptors (Lipinski definition) is 5. The molecule has 0 bridgehead atoms. The van der Waals surface area contributed by atoms with Gasteiger partial charge < -0.3 is 19.6 Å². The fraction of sp³-hybridized carbons (Fsp3) is 0.391. The molecule has 0 spiro atoms. The number of hydrogen-bond donors (Lipinski definition) is 2. The first-order valence-electron chi connectivity index (χ1n) is 10.6. The number of anilines is 1. The summed E-state index contributed by atoms with van der Waals surface area (Å²) in [5.41, 5.74) is 3.42. The highest BCUT2D eigenvalue weighted by Crippen LogP contribution is 2.42. The van der Waals surface area contributed by atoms with Crippen molar-refractivity contribution in [3.05, 3.63) is 52.1 Å². The van der Waals surface area contributed by atoms with Crippen molar-refractivity contribution < 1.29 is 18.3 Å². The number of unbranched alkanes of at least 4 members (excludes halogenated alkanes) is 2. The Morgan fingerprint density at radius 3 is 2.59 bits per heavy atom. The largest absolute Gasteiger partial charge is 0.479 e. The number of carboxylic acid groups (broad SMARTS) is 1. The number of fused-ring (bicyclic) bond motifs is 2. The third-order valence-electron chi connectivity index (χ3n) is 5.89. The highest BCUT2D eigenvalue weighted by Gasteiger charge is 2.31. The quantitative estimate of drug-likeness (QED) is 0.527. The van der Waals surface area contributed by atoms with E-state index < -0.39 is 21.8 Å². The molecule has 0 saturated carbocycles. The number of benzene rings is 1. The van der Waals surface area contributed by atoms with Gasteiger partial charge in [-0.3, -0.25) is 4.79 Å². The molecular weight excluding hydrogens is 430 g/mol. The first kappa shape index (κ1) is 22.1. The van der Waals surface area contributed by atoms with Crippen molar-refractivity contribution >= 4 is 32.4 Å². The number of nitrogens with one attached hydrogen (secondary N) is 1. The normalized spacial score (nSPS) is 15.3. The number of aromatic nitrogens is 2. The fourth-order valence-electron chi connectivity index (χ4n) is 4.47. The molecular formula is C23H27N3O5S. The minimum Gasteiger partial charge on any atom is -0.479 e. The summed E-state index contributed by atoms with van der Waals surface area (Å²) >= 11 is 0. The number of rotatable bonds is 7. The van der Waals surface area contributed by atoms with Crippen LogP contribution in [-0.2, 0) is 34.0 Å². The van der Waals surface area contributed by atoms with E-state index in [4.69, 9.17) is 0 Å². The second-order valence-corrected chi connectivity index (χ2v) is 10.7. The van der Waals surface area contributed by atoms with Crippen molar-refractivity contribution in [3.8, 4) is 11.1 Å². The van der Waals surface area contributed by atoms with Crippen LogP contribution < -0.4 is 10.9 Å². The van der Waals surface area contributed by atoms with Gasteiger partial charge in [0.15, 0.2) is 15.9 Å². The van der Waals surface area contributed by atoms with E-state index >= 15 is 0 Å². The van der Waals surface area contributed by atoms with Crippen LogP contribution in [0, 0.1) is 0 Å². The smallest absolute Gasteiger partial charge is 0.330 e. The number of nitrogens with zero attached hydrogens (tertiary/aromatic N) is 2. The van der Waals surface area contributed by atoms with Crippen LogP contribution in [0.4, 0.5) is 5.69 Å². The maximum absolute atomic E-state index is 13.1. The zero-order valence-corrected chi connectivity index (χ0v) is 19.2. The zero-order valence-electron chi connectivity index (χ0n) is 18.4. The Morgan fingerprint density at radius 2 is 1.94 bits per heavy atom. The average Bonchev–Trinajstić information content (AvgIpc) is 3.01. The first-order chi connectivity index (χ1) is 15.1. The van der Waals surface area contributed by atoms with Gasteiger partial charge in [0.05, 0.1) is 5.75 Å². The molecule has 2 N–H and O–H groups in total. The van der Waals surface area contributed by atoms with Crippen LogP contribution in [0.3, 0.4) is 0 Å². The average molecular weight is 458 g/mol. The second-order valence-electron chi connectivity index (χ2n) is 8.53. The van der Waals surface area contributed by atoms with Crippen LogP contribution >= 0.6 is 0 Å². The van der Waals surface area contributed by atoms with Gasteiger partial charge in [-0.25, -0.2) is 13.2 Å². The molecule has 2 aromatic heterocycles. The lowest BCUT2D eigenvalue weighted by Gasteiger charge is -2.16. The van der Waals surface area contributed by atoms with Gasteiger partial charge in [0.2, 0.25) is 0 Å². The number of aliphatic carboxylic acids is 1. The van der Waals surface area contributed by atoms with Gasteiger partial charge in [-0.15, -0.1) is 0 Å². The molecule has 0 radical (unpaired) electrons. The Bertz CT molecular complexity index is 1380. The van der Waals surface area contributed by atoms with E-state index in [1.807, 2.05) is 4.57 Å². The number of carboxylic acids is 1. The van der Waals surface area contributed by atoms with Gasteiger partial charge in [-0.1, -0.05) is 25.8 Å². The van der Waals surface area contributed by atoms with Crippen LogP contribution in [0.25, 0.3) is 22.0 Å². The van der Waals surface area contributed by atoms with E-state index in [-0.39, 0.29) is 11.3 Å². The summed E-state index contributed by atoms with van der Waals surface area (Å²) in [7, 11) is -1.57. The molecule has 1 unspecified atom stereocenters. The van der Waals surface area contributed by atoms with Crippen LogP contribution in [0.2, 0.25) is 0 Å². The van der Waals surface area contributed by atoms with Crippen LogP contribution in [0.15, 0.2) is 35.4 Å². The zero-order chi connectivity index (χ0) is 23.2. The molecule has 4 rings (SSSR count). The van der Waals surface area contributed by atoms with Crippen molar-refractivity contribution in [1.29, 1.82) is 0 Å². The first-order valence-corrected chi connectivity index (χ1v) is 12.7. The molecule has 1 aliphatic rings. The third kappa shape index (κ3) is 3.92. The highest BCUT2D eigenvalue weighted by atomic mass is 32.2. The predicted molar refractivity (Wildman–Crippen MR) is 125 cm³/mol. The lowest BCUT2D eigenvalue weighted by atomic mass is 9.98. The molecule has 8 nitrogen and oxygen atoms in total. The second kappa shape index (κ2) is 8.12. The maximum Gasteiger partial charge on any atom is 0.330 e. The lowest BCUT2D eigenvalue weighted by molar-refractivity contribution is -0.138. The van der Waals surface area contributed by atoms with Crippen LogP contribution in [0.5, 0.6) is 0 Å². The lowest BCUT2D eigenvalue weighted by Crippen LogP contribution is -2.19. The molecule has 0 amide bonds. The van der Waals surface area contributed by atoms with Gasteiger partial charge in [-0.05, 0) is 24.1 Å². The SMILES string of the molecule is CCCCCn1cc2c3c(cn(C)c(=O)c31)-c1cc(CS(C)(=O)=O)ccc1NC2C(=O)O. The van der Waals surface area contributed by atoms with E-state index in [1.165, 1.54) is 10.8 Å². The molecule has 1 aliphatic heterocycles. The Hall–Kier alpha value is -3.07. The van der Waals surface area contributed by atoms with Gasteiger partial charge in [-0.2, -0.15) is 0 Å². The molecule has 0 fully saturated rings. The van der Waals surface area contributed by atoms with Crippen LogP contribution in [-0.4, -0.2) is 34.9 Å². The van der Waals surface area contributed by atoms with Crippen molar-refractivity contribution in [2.24, 2.45) is 7.05 Å². The number of carbonyl (C=O) groups is 1. The molecule has 1 atom stereocenters. The molecule has 0 aliphatic carbocycles. The minimum atomic E-state index is -3.25. The van der Waals surface area contributed by atoms with E-state index in [9.17, 15) is 23.1 Å². The topological polar surface area (TPSA) is 110 Å². The van der Waals surface area contributed by atoms with Gasteiger partial charge in [0.25, 0.3) is 5.56 Å². The van der Waals surface area contributed by atoms with Crippen LogP contribution in [0.1, 0.15) is 43.4 Å². The number of aryl methyl sites for hydroxylation is 2. The molecule has 170 valence electrons. The summed E-state index contributed by atoms with van der Waals surface area (Å²) in [4.78, 5) is 25.3. The summed E-state index contributed by atoms with van der Waals surface area (Å²) in [5.74, 6) is -1.17. The highest BCUT2D eigenvalue weighted by molar-refractivity contribution is 7.89. The van der Waals surface area contributed by atoms with E-state index in [2.05, 4.69) is 12.2 Å². The minimum absolute atomic E-state index is 0.123. The van der Waals surface area contributed by atoms with Gasteiger partial charge in [0, 0.05) is 60.0 Å². The Kier molecular flexibility index (Phi) is 5.62. The monoisotopic (exact) mass is 457 g/mol. The van der Waals surface area contributed by atoms with Crippen molar-refractivity contribution in [2.75, 3.05) is 11.6 Å². The summed E-state index contributed by atoms with van der Waals surface area (Å²) in [6, 6.07) is 4.14. The van der Waals surface area contributed by atoms with Crippen molar-refractivity contribution in [2.45, 2.75) is 44.5 Å². The van der Waals surface area contributed by atoms with E-state index in [0.717, 1.165) is 19.3 Å². The standard InChI is InChI=1S/C23H27N3O5S/c1-4-5-6-9-26-12-17-19-16(11-25(2)22(27)21(19)26)15-10-14(13-32(3,30)31)7-8-18(15)24-20(17)23(28)29/h7-8,10-12,20,24H,4-6,9,13H2,1-3H3,(H,28,29). The molecule has 32 heavy (non-hydrogen) atoms. The predicted octanol–water partition coefficient (Wildman–Crippen LogP) is 3.29. The molecule has 0 saturated heterocycles. The fourth-order valence-corrected chi connectivity index (χ4v) is 5.25. The number of pyridine rings is 1.